The molecule has 0 aliphatic heterocycles. The molecule has 0 spiro atoms. The van der Waals surface area contributed by atoms with Crippen molar-refractivity contribution in [3.8, 4) is 11.5 Å². The predicted octanol–water partition coefficient (Wildman–Crippen LogP) is 4.36. The Kier molecular flexibility index (Phi) is 5.96. The van der Waals surface area contributed by atoms with Gasteiger partial charge in [0, 0.05) is 4.90 Å². The maximum Gasteiger partial charge on any atom is 0.238 e. The zero-order chi connectivity index (χ0) is 17.9. The molecule has 0 amide bonds. The first kappa shape index (κ1) is 18.8. The largest absolute Gasteiger partial charge is 0.457 e. The maximum atomic E-state index is 11.6. The summed E-state index contributed by atoms with van der Waals surface area (Å²) in [5.41, 5.74) is 1.98. The Morgan fingerprint density at radius 3 is 2.42 bits per heavy atom. The Labute approximate surface area is 148 Å². The van der Waals surface area contributed by atoms with E-state index in [9.17, 15) is 8.42 Å². The van der Waals surface area contributed by atoms with E-state index in [1.54, 1.807) is 23.9 Å². The van der Waals surface area contributed by atoms with E-state index in [1.807, 2.05) is 31.4 Å². The molecule has 2 N–H and O–H groups in total. The van der Waals surface area contributed by atoms with Crippen LogP contribution in [0.4, 0.5) is 0 Å². The van der Waals surface area contributed by atoms with Crippen LogP contribution in [-0.2, 0) is 16.4 Å². The average molecular weight is 366 g/mol. The molecule has 0 atom stereocenters. The summed E-state index contributed by atoms with van der Waals surface area (Å²) in [4.78, 5) is 1.31. The van der Waals surface area contributed by atoms with E-state index in [-0.39, 0.29) is 4.90 Å². The first-order chi connectivity index (χ1) is 11.2. The Bertz CT molecular complexity index is 830. The molecular weight excluding hydrogens is 342 g/mol. The molecule has 0 heterocycles. The quantitative estimate of drug-likeness (QED) is 0.773. The van der Waals surface area contributed by atoms with Crippen LogP contribution in [0.3, 0.4) is 0 Å². The SMILES string of the molecule is CSc1ccc(Oc2ccc(S(N)(=O)=O)cc2CC(C)C)cc1C. The van der Waals surface area contributed by atoms with Gasteiger partial charge in [0.1, 0.15) is 11.5 Å². The van der Waals surface area contributed by atoms with Gasteiger partial charge in [0.05, 0.1) is 4.90 Å². The summed E-state index contributed by atoms with van der Waals surface area (Å²) in [7, 11) is -3.72. The summed E-state index contributed by atoms with van der Waals surface area (Å²) in [5.74, 6) is 1.76. The van der Waals surface area contributed by atoms with Crippen molar-refractivity contribution in [3.63, 3.8) is 0 Å². The van der Waals surface area contributed by atoms with E-state index < -0.39 is 10.0 Å². The lowest BCUT2D eigenvalue weighted by molar-refractivity contribution is 0.469. The van der Waals surface area contributed by atoms with E-state index >= 15 is 0 Å². The fourth-order valence-corrected chi connectivity index (χ4v) is 3.62. The van der Waals surface area contributed by atoms with Crippen LogP contribution >= 0.6 is 11.8 Å². The van der Waals surface area contributed by atoms with Gasteiger partial charge < -0.3 is 4.74 Å². The van der Waals surface area contributed by atoms with Crippen LogP contribution in [0.1, 0.15) is 25.0 Å². The highest BCUT2D eigenvalue weighted by Gasteiger charge is 2.14. The smallest absolute Gasteiger partial charge is 0.238 e. The molecule has 130 valence electrons. The highest BCUT2D eigenvalue weighted by atomic mass is 32.2. The van der Waals surface area contributed by atoms with Crippen molar-refractivity contribution in [1.29, 1.82) is 0 Å². The number of aryl methyl sites for hydroxylation is 1. The molecule has 0 aliphatic carbocycles. The third-order valence-electron chi connectivity index (χ3n) is 3.58. The standard InChI is InChI=1S/C18H23NO3S2/c1-12(2)9-14-11-16(24(19,20)21)6-7-17(14)22-15-5-8-18(23-4)13(3)10-15/h5-8,10-12H,9H2,1-4H3,(H2,19,20,21). The normalized spacial score (nSPS) is 11.8. The third-order valence-corrected chi connectivity index (χ3v) is 5.39. The van der Waals surface area contributed by atoms with E-state index in [4.69, 9.17) is 9.88 Å². The van der Waals surface area contributed by atoms with Gasteiger partial charge in [-0.3, -0.25) is 0 Å². The topological polar surface area (TPSA) is 69.4 Å². The van der Waals surface area contributed by atoms with Crippen LogP contribution in [0.2, 0.25) is 0 Å². The van der Waals surface area contributed by atoms with Gasteiger partial charge in [-0.15, -0.1) is 11.8 Å². The van der Waals surface area contributed by atoms with Crippen LogP contribution in [0, 0.1) is 12.8 Å². The van der Waals surface area contributed by atoms with Gasteiger partial charge in [-0.1, -0.05) is 13.8 Å². The van der Waals surface area contributed by atoms with Crippen LogP contribution in [0.15, 0.2) is 46.2 Å². The van der Waals surface area contributed by atoms with Gasteiger partial charge in [0.15, 0.2) is 0 Å². The van der Waals surface area contributed by atoms with E-state index in [1.165, 1.54) is 11.0 Å². The summed E-state index contributed by atoms with van der Waals surface area (Å²) in [6.07, 6.45) is 2.75. The van der Waals surface area contributed by atoms with Gasteiger partial charge in [-0.05, 0) is 73.0 Å². The van der Waals surface area contributed by atoms with Crippen molar-refractivity contribution in [2.24, 2.45) is 11.1 Å². The number of hydrogen-bond donors (Lipinski definition) is 1. The molecule has 0 fully saturated rings. The number of hydrogen-bond acceptors (Lipinski definition) is 4. The highest BCUT2D eigenvalue weighted by Crippen LogP contribution is 2.31. The lowest BCUT2D eigenvalue weighted by Gasteiger charge is -2.15. The Hall–Kier alpha value is -1.50. The van der Waals surface area contributed by atoms with Crippen molar-refractivity contribution in [2.45, 2.75) is 37.0 Å². The number of sulfonamides is 1. The fourth-order valence-electron chi connectivity index (χ4n) is 2.47. The van der Waals surface area contributed by atoms with Gasteiger partial charge in [-0.2, -0.15) is 0 Å². The van der Waals surface area contributed by atoms with Gasteiger partial charge in [0.2, 0.25) is 10.0 Å². The van der Waals surface area contributed by atoms with Gasteiger partial charge in [-0.25, -0.2) is 13.6 Å². The van der Waals surface area contributed by atoms with E-state index in [0.29, 0.717) is 18.1 Å². The molecule has 0 bridgehead atoms. The molecule has 2 rings (SSSR count). The second-order valence-corrected chi connectivity index (χ2v) is 8.56. The van der Waals surface area contributed by atoms with Crippen molar-refractivity contribution >= 4 is 21.8 Å². The number of thioether (sulfide) groups is 1. The number of primary sulfonamides is 1. The van der Waals surface area contributed by atoms with Gasteiger partial charge in [0.25, 0.3) is 0 Å². The average Bonchev–Trinajstić information content (AvgIpc) is 2.47. The molecule has 2 aromatic rings. The number of rotatable bonds is 6. The summed E-state index contributed by atoms with van der Waals surface area (Å²) in [6, 6.07) is 10.7. The second kappa shape index (κ2) is 7.59. The van der Waals surface area contributed by atoms with Crippen LogP contribution < -0.4 is 9.88 Å². The Morgan fingerprint density at radius 1 is 1.17 bits per heavy atom. The monoisotopic (exact) mass is 365 g/mol. The zero-order valence-corrected chi connectivity index (χ0v) is 16.0. The maximum absolute atomic E-state index is 11.6. The van der Waals surface area contributed by atoms with Crippen LogP contribution in [-0.4, -0.2) is 14.7 Å². The van der Waals surface area contributed by atoms with Crippen molar-refractivity contribution in [1.82, 2.24) is 0 Å². The Morgan fingerprint density at radius 2 is 1.88 bits per heavy atom. The molecule has 0 aromatic heterocycles. The zero-order valence-electron chi connectivity index (χ0n) is 14.4. The molecule has 0 saturated heterocycles. The molecule has 0 aliphatic rings. The summed E-state index contributed by atoms with van der Waals surface area (Å²) >= 11 is 1.69. The first-order valence-corrected chi connectivity index (χ1v) is 10.5. The fraction of sp³-hybridized carbons (Fsp3) is 0.333. The lowest BCUT2D eigenvalue weighted by atomic mass is 10.0. The first-order valence-electron chi connectivity index (χ1n) is 7.69. The van der Waals surface area contributed by atoms with Crippen molar-refractivity contribution in [2.75, 3.05) is 6.26 Å². The predicted molar refractivity (Wildman–Crippen MR) is 99.4 cm³/mol. The lowest BCUT2D eigenvalue weighted by Crippen LogP contribution is -2.13. The summed E-state index contributed by atoms with van der Waals surface area (Å²) in [5, 5.41) is 5.24. The summed E-state index contributed by atoms with van der Waals surface area (Å²) < 4.78 is 29.2. The molecule has 2 aromatic carbocycles. The van der Waals surface area contributed by atoms with Crippen LogP contribution in [0.25, 0.3) is 0 Å². The Balaban J connectivity index is 2.40. The molecule has 4 nitrogen and oxygen atoms in total. The molecule has 0 saturated carbocycles. The minimum Gasteiger partial charge on any atom is -0.457 e. The minimum absolute atomic E-state index is 0.111. The second-order valence-electron chi connectivity index (χ2n) is 6.15. The highest BCUT2D eigenvalue weighted by molar-refractivity contribution is 7.98. The molecule has 0 unspecified atom stereocenters. The molecule has 0 radical (unpaired) electrons. The van der Waals surface area contributed by atoms with E-state index in [0.717, 1.165) is 16.9 Å². The van der Waals surface area contributed by atoms with E-state index in [2.05, 4.69) is 13.8 Å². The van der Waals surface area contributed by atoms with Crippen molar-refractivity contribution < 1.29 is 13.2 Å². The third kappa shape index (κ3) is 4.75. The van der Waals surface area contributed by atoms with Crippen molar-refractivity contribution in [3.05, 3.63) is 47.5 Å². The number of nitrogens with two attached hydrogens (primary N) is 1. The van der Waals surface area contributed by atoms with Crippen LogP contribution in [0.5, 0.6) is 11.5 Å². The molecular formula is C18H23NO3S2. The minimum atomic E-state index is -3.72. The molecule has 6 heteroatoms. The summed E-state index contributed by atoms with van der Waals surface area (Å²) in [6.45, 7) is 6.19. The molecule has 24 heavy (non-hydrogen) atoms. The number of benzene rings is 2. The van der Waals surface area contributed by atoms with Gasteiger partial charge >= 0.3 is 0 Å². The number of ether oxygens (including phenoxy) is 1.